The summed E-state index contributed by atoms with van der Waals surface area (Å²) in [5, 5.41) is 5.73. The highest BCUT2D eigenvalue weighted by molar-refractivity contribution is 5.97. The molecular formula is C24H30N3O4+. The third-order valence-corrected chi connectivity index (χ3v) is 5.79. The van der Waals surface area contributed by atoms with Crippen molar-refractivity contribution in [1.82, 2.24) is 5.32 Å². The third-order valence-electron chi connectivity index (χ3n) is 5.79. The quantitative estimate of drug-likeness (QED) is 0.662. The van der Waals surface area contributed by atoms with Crippen LogP contribution in [0.25, 0.3) is 0 Å². The van der Waals surface area contributed by atoms with Crippen LogP contribution in [0.2, 0.25) is 0 Å². The second-order valence-corrected chi connectivity index (χ2v) is 8.02. The van der Waals surface area contributed by atoms with Crippen molar-refractivity contribution >= 4 is 17.5 Å². The maximum absolute atomic E-state index is 12.8. The van der Waals surface area contributed by atoms with E-state index in [1.54, 1.807) is 24.3 Å². The Kier molecular flexibility index (Phi) is 6.72. The molecule has 7 nitrogen and oxygen atoms in total. The molecule has 0 bridgehead atoms. The summed E-state index contributed by atoms with van der Waals surface area (Å²) in [5.74, 6) is 1.40. The minimum absolute atomic E-state index is 0.0516. The number of hydrogen-bond acceptors (Lipinski definition) is 4. The Labute approximate surface area is 182 Å². The van der Waals surface area contributed by atoms with Gasteiger partial charge in [-0.15, -0.1) is 0 Å². The Morgan fingerprint density at radius 1 is 1.06 bits per heavy atom. The molecule has 2 heterocycles. The smallest absolute Gasteiger partial charge is 0.279 e. The summed E-state index contributed by atoms with van der Waals surface area (Å²) in [4.78, 5) is 26.0. The van der Waals surface area contributed by atoms with Gasteiger partial charge in [0.2, 0.25) is 0 Å². The minimum Gasteiger partial charge on any atom is -0.490 e. The van der Waals surface area contributed by atoms with Crippen LogP contribution in [-0.4, -0.2) is 44.7 Å². The van der Waals surface area contributed by atoms with Crippen molar-refractivity contribution in [2.24, 2.45) is 0 Å². The Hall–Kier alpha value is -3.06. The van der Waals surface area contributed by atoms with E-state index in [0.717, 1.165) is 37.3 Å². The maximum Gasteiger partial charge on any atom is 0.279 e. The highest BCUT2D eigenvalue weighted by atomic mass is 16.5. The molecule has 1 fully saturated rings. The standard InChI is InChI=1S/C24H29N3O4/c1-2-25-24(29)18-6-3-7-19(14-18)26-23(28)16-27-11-4-8-20(27)17-9-10-21-22(15-17)31-13-5-12-30-21/h3,6-7,9-10,14-15,20H,2,4-5,8,11-13,16H2,1H3,(H,25,29)(H,26,28)/p+1/t20-/m0/s1. The summed E-state index contributed by atoms with van der Waals surface area (Å²) < 4.78 is 11.6. The van der Waals surface area contributed by atoms with E-state index < -0.39 is 0 Å². The molecule has 3 N–H and O–H groups in total. The molecule has 2 aromatic carbocycles. The van der Waals surface area contributed by atoms with Crippen molar-refractivity contribution in [1.29, 1.82) is 0 Å². The van der Waals surface area contributed by atoms with E-state index in [4.69, 9.17) is 9.47 Å². The first-order valence-electron chi connectivity index (χ1n) is 11.1. The van der Waals surface area contributed by atoms with Gasteiger partial charge in [0.25, 0.3) is 11.8 Å². The third kappa shape index (κ3) is 5.17. The summed E-state index contributed by atoms with van der Waals surface area (Å²) in [6.07, 6.45) is 3.00. The molecule has 0 aliphatic carbocycles. The fourth-order valence-corrected chi connectivity index (χ4v) is 4.33. The van der Waals surface area contributed by atoms with Crippen LogP contribution in [0.5, 0.6) is 11.5 Å². The second kappa shape index (κ2) is 9.83. The number of benzene rings is 2. The molecule has 1 unspecified atom stereocenters. The Bertz CT molecular complexity index is 946. The lowest BCUT2D eigenvalue weighted by Gasteiger charge is -2.22. The first-order valence-corrected chi connectivity index (χ1v) is 11.1. The van der Waals surface area contributed by atoms with Crippen LogP contribution < -0.4 is 25.0 Å². The van der Waals surface area contributed by atoms with E-state index in [1.807, 2.05) is 13.0 Å². The molecule has 0 saturated carbocycles. The largest absolute Gasteiger partial charge is 0.490 e. The molecule has 164 valence electrons. The molecule has 2 aromatic rings. The van der Waals surface area contributed by atoms with Crippen LogP contribution in [0, 0.1) is 0 Å². The summed E-state index contributed by atoms with van der Waals surface area (Å²) in [7, 11) is 0. The molecule has 0 aromatic heterocycles. The monoisotopic (exact) mass is 424 g/mol. The van der Waals surface area contributed by atoms with Crippen molar-refractivity contribution in [2.45, 2.75) is 32.2 Å². The average molecular weight is 425 g/mol. The van der Waals surface area contributed by atoms with Crippen molar-refractivity contribution in [2.75, 3.05) is 38.2 Å². The molecule has 0 radical (unpaired) electrons. The number of fused-ring (bicyclic) bond motifs is 1. The summed E-state index contributed by atoms with van der Waals surface area (Å²) >= 11 is 0. The Morgan fingerprint density at radius 2 is 1.90 bits per heavy atom. The number of likely N-dealkylation sites (tertiary alicyclic amines) is 1. The molecule has 0 spiro atoms. The highest BCUT2D eigenvalue weighted by Crippen LogP contribution is 2.33. The van der Waals surface area contributed by atoms with E-state index in [0.29, 0.717) is 37.6 Å². The first-order chi connectivity index (χ1) is 15.1. The van der Waals surface area contributed by atoms with E-state index in [1.165, 1.54) is 10.5 Å². The van der Waals surface area contributed by atoms with Crippen molar-refractivity contribution in [3.8, 4) is 11.5 Å². The van der Waals surface area contributed by atoms with Crippen molar-refractivity contribution in [3.63, 3.8) is 0 Å². The van der Waals surface area contributed by atoms with Gasteiger partial charge >= 0.3 is 0 Å². The molecule has 2 atom stereocenters. The van der Waals surface area contributed by atoms with Crippen molar-refractivity contribution in [3.05, 3.63) is 53.6 Å². The fourth-order valence-electron chi connectivity index (χ4n) is 4.33. The number of hydrogen-bond donors (Lipinski definition) is 3. The number of anilines is 1. The predicted molar refractivity (Wildman–Crippen MR) is 118 cm³/mol. The van der Waals surface area contributed by atoms with E-state index in [2.05, 4.69) is 22.8 Å². The Morgan fingerprint density at radius 3 is 2.74 bits per heavy atom. The zero-order valence-corrected chi connectivity index (χ0v) is 17.9. The van der Waals surface area contributed by atoms with Crippen molar-refractivity contribution < 1.29 is 24.0 Å². The van der Waals surface area contributed by atoms with Crippen LogP contribution in [0.15, 0.2) is 42.5 Å². The van der Waals surface area contributed by atoms with Gasteiger partial charge in [0, 0.05) is 42.6 Å². The molecule has 31 heavy (non-hydrogen) atoms. The van der Waals surface area contributed by atoms with E-state index >= 15 is 0 Å². The zero-order valence-electron chi connectivity index (χ0n) is 17.9. The van der Waals surface area contributed by atoms with Crippen LogP contribution in [-0.2, 0) is 4.79 Å². The number of ether oxygens (including phenoxy) is 2. The molecule has 1 saturated heterocycles. The number of rotatable bonds is 6. The molecule has 2 aliphatic rings. The fraction of sp³-hybridized carbons (Fsp3) is 0.417. The lowest BCUT2D eigenvalue weighted by Crippen LogP contribution is -3.11. The van der Waals surface area contributed by atoms with Gasteiger partial charge in [-0.3, -0.25) is 9.59 Å². The SMILES string of the molecule is CCNC(=O)c1cccc(NC(=O)C[NH+]2CCC[C@H]2c2ccc3c(c2)OCCCO3)c1. The molecular weight excluding hydrogens is 394 g/mol. The topological polar surface area (TPSA) is 81.1 Å². The first kappa shape index (κ1) is 21.2. The number of carbonyl (C=O) groups is 2. The number of amides is 2. The van der Waals surface area contributed by atoms with Gasteiger partial charge in [-0.2, -0.15) is 0 Å². The predicted octanol–water partition coefficient (Wildman–Crippen LogP) is 1.96. The van der Waals surface area contributed by atoms with Crippen LogP contribution in [0.4, 0.5) is 5.69 Å². The molecule has 2 aliphatic heterocycles. The van der Waals surface area contributed by atoms with Gasteiger partial charge in [-0.1, -0.05) is 6.07 Å². The van der Waals surface area contributed by atoms with Crippen LogP contribution >= 0.6 is 0 Å². The summed E-state index contributed by atoms with van der Waals surface area (Å²) in [6, 6.07) is 13.4. The van der Waals surface area contributed by atoms with Crippen LogP contribution in [0.1, 0.15) is 48.1 Å². The molecule has 4 rings (SSSR count). The zero-order chi connectivity index (χ0) is 21.6. The lowest BCUT2D eigenvalue weighted by molar-refractivity contribution is -0.910. The van der Waals surface area contributed by atoms with Gasteiger partial charge in [-0.25, -0.2) is 0 Å². The Balaban J connectivity index is 1.41. The number of nitrogens with one attached hydrogen (secondary N) is 3. The highest BCUT2D eigenvalue weighted by Gasteiger charge is 2.32. The van der Waals surface area contributed by atoms with E-state index in [-0.39, 0.29) is 17.9 Å². The normalized spacial score (nSPS) is 20.0. The van der Waals surface area contributed by atoms with E-state index in [9.17, 15) is 9.59 Å². The van der Waals surface area contributed by atoms with Gasteiger partial charge in [0.05, 0.1) is 19.8 Å². The molecule has 7 heteroatoms. The second-order valence-electron chi connectivity index (χ2n) is 8.02. The number of carbonyl (C=O) groups excluding carboxylic acids is 2. The molecule has 2 amide bonds. The van der Waals surface area contributed by atoms with Gasteiger partial charge in [0.1, 0.15) is 6.04 Å². The average Bonchev–Trinajstić information content (AvgIpc) is 3.09. The van der Waals surface area contributed by atoms with Gasteiger partial charge in [-0.05, 0) is 43.3 Å². The maximum atomic E-state index is 12.8. The summed E-state index contributed by atoms with van der Waals surface area (Å²) in [5.41, 5.74) is 2.36. The minimum atomic E-state index is -0.141. The van der Waals surface area contributed by atoms with Crippen LogP contribution in [0.3, 0.4) is 0 Å². The van der Waals surface area contributed by atoms with Gasteiger partial charge < -0.3 is 25.0 Å². The van der Waals surface area contributed by atoms with Gasteiger partial charge in [0.15, 0.2) is 18.0 Å². The summed E-state index contributed by atoms with van der Waals surface area (Å²) in [6.45, 7) is 5.11. The lowest BCUT2D eigenvalue weighted by atomic mass is 10.0. The number of quaternary nitrogens is 1.